The largest absolute Gasteiger partial charge is 0.366 e. The Labute approximate surface area is 143 Å². The van der Waals surface area contributed by atoms with E-state index < -0.39 is 0 Å². The molecule has 0 spiro atoms. The summed E-state index contributed by atoms with van der Waals surface area (Å²) in [6.45, 7) is 7.88. The number of anilines is 1. The number of rotatable bonds is 6. The zero-order valence-electron chi connectivity index (χ0n) is 14.9. The van der Waals surface area contributed by atoms with Gasteiger partial charge in [0.2, 0.25) is 5.91 Å². The first-order chi connectivity index (χ1) is 11.4. The Morgan fingerprint density at radius 3 is 2.38 bits per heavy atom. The average Bonchev–Trinajstić information content (AvgIpc) is 2.56. The summed E-state index contributed by atoms with van der Waals surface area (Å²) in [5, 5.41) is 0. The fourth-order valence-corrected chi connectivity index (χ4v) is 3.17. The third kappa shape index (κ3) is 4.34. The molecule has 0 aliphatic carbocycles. The smallest absolute Gasteiger partial charge is 0.222 e. The van der Waals surface area contributed by atoms with Crippen LogP contribution in [0.5, 0.6) is 0 Å². The standard InChI is InChI=1S/C19H27FN2O2/c1-4-5-6-7-19(24)22-10-8-21(9-11-22)18-12-14(2)16(15(3)23)13-17(18)20/h12-13H,4-11H2,1-3H3. The number of ketones is 1. The normalized spacial score (nSPS) is 14.8. The molecule has 1 amide bonds. The maximum Gasteiger partial charge on any atom is 0.222 e. The Morgan fingerprint density at radius 2 is 1.79 bits per heavy atom. The molecule has 1 aliphatic heterocycles. The highest BCUT2D eigenvalue weighted by Crippen LogP contribution is 2.25. The number of piperazine rings is 1. The molecule has 0 saturated carbocycles. The summed E-state index contributed by atoms with van der Waals surface area (Å²) in [7, 11) is 0. The molecule has 132 valence electrons. The summed E-state index contributed by atoms with van der Waals surface area (Å²) in [4.78, 5) is 27.5. The van der Waals surface area contributed by atoms with Crippen LogP contribution in [-0.2, 0) is 4.79 Å². The van der Waals surface area contributed by atoms with Gasteiger partial charge in [-0.3, -0.25) is 9.59 Å². The Morgan fingerprint density at radius 1 is 1.12 bits per heavy atom. The molecule has 5 heteroatoms. The third-order valence-electron chi connectivity index (χ3n) is 4.64. The van der Waals surface area contributed by atoms with Gasteiger partial charge in [-0.05, 0) is 38.0 Å². The lowest BCUT2D eigenvalue weighted by atomic mass is 10.0. The molecule has 0 N–H and O–H groups in total. The number of hydrogen-bond donors (Lipinski definition) is 0. The molecule has 0 aromatic heterocycles. The highest BCUT2D eigenvalue weighted by atomic mass is 19.1. The third-order valence-corrected chi connectivity index (χ3v) is 4.64. The van der Waals surface area contributed by atoms with Crippen molar-refractivity contribution in [2.24, 2.45) is 0 Å². The van der Waals surface area contributed by atoms with Crippen molar-refractivity contribution in [3.63, 3.8) is 0 Å². The second kappa shape index (κ2) is 8.27. The summed E-state index contributed by atoms with van der Waals surface area (Å²) >= 11 is 0. The first-order valence-corrected chi connectivity index (χ1v) is 8.77. The lowest BCUT2D eigenvalue weighted by Crippen LogP contribution is -2.49. The number of carbonyl (C=O) groups excluding carboxylic acids is 2. The molecule has 1 fully saturated rings. The molecule has 1 aliphatic rings. The highest BCUT2D eigenvalue weighted by Gasteiger charge is 2.23. The van der Waals surface area contributed by atoms with Crippen LogP contribution in [0.25, 0.3) is 0 Å². The van der Waals surface area contributed by atoms with E-state index in [1.807, 2.05) is 16.7 Å². The minimum absolute atomic E-state index is 0.125. The van der Waals surface area contributed by atoms with E-state index in [0.29, 0.717) is 43.9 Å². The van der Waals surface area contributed by atoms with E-state index in [-0.39, 0.29) is 17.5 Å². The van der Waals surface area contributed by atoms with Gasteiger partial charge in [-0.25, -0.2) is 4.39 Å². The second-order valence-electron chi connectivity index (χ2n) is 6.50. The molecule has 1 saturated heterocycles. The molecular formula is C19H27FN2O2. The van der Waals surface area contributed by atoms with E-state index in [2.05, 4.69) is 6.92 Å². The molecule has 2 rings (SSSR count). The summed E-state index contributed by atoms with van der Waals surface area (Å²) in [5.41, 5.74) is 1.74. The fourth-order valence-electron chi connectivity index (χ4n) is 3.17. The highest BCUT2D eigenvalue weighted by molar-refractivity contribution is 5.96. The van der Waals surface area contributed by atoms with Crippen molar-refractivity contribution in [1.29, 1.82) is 0 Å². The van der Waals surface area contributed by atoms with Gasteiger partial charge in [-0.15, -0.1) is 0 Å². The predicted octanol–water partition coefficient (Wildman–Crippen LogP) is 3.57. The van der Waals surface area contributed by atoms with Crippen molar-refractivity contribution in [3.05, 3.63) is 29.1 Å². The van der Waals surface area contributed by atoms with Gasteiger partial charge in [0.15, 0.2) is 5.78 Å². The minimum Gasteiger partial charge on any atom is -0.366 e. The number of nitrogens with zero attached hydrogens (tertiary/aromatic N) is 2. The molecular weight excluding hydrogens is 307 g/mol. The molecule has 24 heavy (non-hydrogen) atoms. The van der Waals surface area contributed by atoms with Crippen LogP contribution in [0.1, 0.15) is 55.5 Å². The van der Waals surface area contributed by atoms with Crippen molar-refractivity contribution in [1.82, 2.24) is 4.90 Å². The summed E-state index contributed by atoms with van der Waals surface area (Å²) in [6.07, 6.45) is 3.74. The SMILES string of the molecule is CCCCCC(=O)N1CCN(c2cc(C)c(C(C)=O)cc2F)CC1. The van der Waals surface area contributed by atoms with Crippen LogP contribution in [0.3, 0.4) is 0 Å². The number of carbonyl (C=O) groups is 2. The Balaban J connectivity index is 1.98. The molecule has 1 aromatic rings. The number of hydrogen-bond acceptors (Lipinski definition) is 3. The first-order valence-electron chi connectivity index (χ1n) is 8.77. The summed E-state index contributed by atoms with van der Waals surface area (Å²) in [6, 6.07) is 3.07. The van der Waals surface area contributed by atoms with Crippen molar-refractivity contribution >= 4 is 17.4 Å². The lowest BCUT2D eigenvalue weighted by Gasteiger charge is -2.36. The van der Waals surface area contributed by atoms with E-state index in [1.54, 1.807) is 6.07 Å². The Hall–Kier alpha value is -1.91. The van der Waals surface area contributed by atoms with E-state index in [1.165, 1.54) is 13.0 Å². The zero-order chi connectivity index (χ0) is 17.7. The summed E-state index contributed by atoms with van der Waals surface area (Å²) < 4.78 is 14.4. The van der Waals surface area contributed by atoms with E-state index in [9.17, 15) is 14.0 Å². The zero-order valence-corrected chi connectivity index (χ0v) is 14.9. The van der Waals surface area contributed by atoms with Crippen LogP contribution in [0, 0.1) is 12.7 Å². The van der Waals surface area contributed by atoms with Crippen molar-refractivity contribution < 1.29 is 14.0 Å². The number of benzene rings is 1. The number of Topliss-reactive ketones (excluding diaryl/α,β-unsaturated/α-hetero) is 1. The molecule has 1 heterocycles. The second-order valence-corrected chi connectivity index (χ2v) is 6.50. The maximum atomic E-state index is 14.4. The fraction of sp³-hybridized carbons (Fsp3) is 0.579. The lowest BCUT2D eigenvalue weighted by molar-refractivity contribution is -0.131. The van der Waals surface area contributed by atoms with Crippen molar-refractivity contribution in [3.8, 4) is 0 Å². The van der Waals surface area contributed by atoms with E-state index in [0.717, 1.165) is 24.8 Å². The molecule has 1 aromatic carbocycles. The van der Waals surface area contributed by atoms with Gasteiger partial charge in [0.25, 0.3) is 0 Å². The van der Waals surface area contributed by atoms with Crippen LogP contribution in [-0.4, -0.2) is 42.8 Å². The molecule has 0 bridgehead atoms. The van der Waals surface area contributed by atoms with Crippen LogP contribution < -0.4 is 4.90 Å². The van der Waals surface area contributed by atoms with Gasteiger partial charge in [0.05, 0.1) is 5.69 Å². The number of aryl methyl sites for hydroxylation is 1. The van der Waals surface area contributed by atoms with Gasteiger partial charge in [0.1, 0.15) is 5.82 Å². The minimum atomic E-state index is -0.367. The van der Waals surface area contributed by atoms with Crippen LogP contribution >= 0.6 is 0 Å². The quantitative estimate of drug-likeness (QED) is 0.590. The van der Waals surface area contributed by atoms with E-state index in [4.69, 9.17) is 0 Å². The van der Waals surface area contributed by atoms with Gasteiger partial charge in [-0.2, -0.15) is 0 Å². The van der Waals surface area contributed by atoms with E-state index >= 15 is 0 Å². The van der Waals surface area contributed by atoms with Gasteiger partial charge in [-0.1, -0.05) is 19.8 Å². The first kappa shape index (κ1) is 18.4. The summed E-state index contributed by atoms with van der Waals surface area (Å²) in [5.74, 6) is -0.291. The van der Waals surface area contributed by atoms with Gasteiger partial charge in [0, 0.05) is 38.2 Å². The topological polar surface area (TPSA) is 40.6 Å². The number of amides is 1. The average molecular weight is 334 g/mol. The Bertz CT molecular complexity index is 608. The monoisotopic (exact) mass is 334 g/mol. The Kier molecular flexibility index (Phi) is 6.35. The predicted molar refractivity (Wildman–Crippen MR) is 94.1 cm³/mol. The number of halogens is 1. The van der Waals surface area contributed by atoms with Gasteiger partial charge < -0.3 is 9.80 Å². The number of unbranched alkanes of at least 4 members (excludes halogenated alkanes) is 2. The molecule has 0 atom stereocenters. The molecule has 0 radical (unpaired) electrons. The van der Waals surface area contributed by atoms with Crippen molar-refractivity contribution in [2.75, 3.05) is 31.1 Å². The maximum absolute atomic E-state index is 14.4. The molecule has 0 unspecified atom stereocenters. The van der Waals surface area contributed by atoms with Crippen molar-refractivity contribution in [2.45, 2.75) is 46.5 Å². The van der Waals surface area contributed by atoms with Gasteiger partial charge >= 0.3 is 0 Å². The van der Waals surface area contributed by atoms with Crippen LogP contribution in [0.2, 0.25) is 0 Å². The van der Waals surface area contributed by atoms with Crippen LogP contribution in [0.15, 0.2) is 12.1 Å². The van der Waals surface area contributed by atoms with Crippen LogP contribution in [0.4, 0.5) is 10.1 Å². The molecule has 4 nitrogen and oxygen atoms in total.